The molecule has 0 bridgehead atoms. The normalized spacial score (nSPS) is 10.9. The highest BCUT2D eigenvalue weighted by Gasteiger charge is 2.11. The van der Waals surface area contributed by atoms with Crippen LogP contribution in [0.15, 0.2) is 50.6 Å². The summed E-state index contributed by atoms with van der Waals surface area (Å²) in [5.74, 6) is 0.129. The number of rotatable bonds is 1. The predicted molar refractivity (Wildman–Crippen MR) is 64.1 cm³/mol. The Morgan fingerprint density at radius 1 is 1.22 bits per heavy atom. The molecule has 0 saturated carbocycles. The van der Waals surface area contributed by atoms with Crippen molar-refractivity contribution in [2.45, 2.75) is 0 Å². The van der Waals surface area contributed by atoms with Gasteiger partial charge in [-0.05, 0) is 18.2 Å². The Hall–Kier alpha value is -2.76. The number of benzene rings is 1. The summed E-state index contributed by atoms with van der Waals surface area (Å²) in [4.78, 5) is 26.5. The van der Waals surface area contributed by atoms with Crippen molar-refractivity contribution in [3.63, 3.8) is 0 Å². The largest absolute Gasteiger partial charge is 0.508 e. The molecule has 0 spiro atoms. The number of phenolic OH excluding ortho intramolecular Hbond substituents is 1. The molecular weight excluding hydrogens is 236 g/mol. The Morgan fingerprint density at radius 3 is 2.78 bits per heavy atom. The van der Waals surface area contributed by atoms with Crippen molar-refractivity contribution in [3.8, 4) is 11.6 Å². The molecule has 2 N–H and O–H groups in total. The van der Waals surface area contributed by atoms with E-state index in [2.05, 4.69) is 4.98 Å². The fourth-order valence-electron chi connectivity index (χ4n) is 1.80. The molecule has 3 aromatic rings. The van der Waals surface area contributed by atoms with Crippen molar-refractivity contribution >= 4 is 10.9 Å². The number of furan rings is 1. The lowest BCUT2D eigenvalue weighted by molar-refractivity contribution is 0.476. The predicted octanol–water partition coefficient (Wildman–Crippen LogP) is 0.978. The molecule has 0 fully saturated rings. The SMILES string of the molecule is O=c1[nH]c2cc(O)ccc2c(=O)n1-c1ccco1. The molecule has 0 atom stereocenters. The van der Waals surface area contributed by atoms with E-state index >= 15 is 0 Å². The van der Waals surface area contributed by atoms with E-state index < -0.39 is 11.2 Å². The second-order valence-electron chi connectivity index (χ2n) is 3.75. The molecule has 6 heteroatoms. The van der Waals surface area contributed by atoms with Gasteiger partial charge in [0.2, 0.25) is 5.88 Å². The number of aromatic hydroxyl groups is 1. The third-order valence-electron chi connectivity index (χ3n) is 2.61. The van der Waals surface area contributed by atoms with Gasteiger partial charge in [-0.1, -0.05) is 0 Å². The number of phenols is 1. The number of aromatic nitrogens is 2. The highest BCUT2D eigenvalue weighted by Crippen LogP contribution is 2.14. The van der Waals surface area contributed by atoms with E-state index in [-0.39, 0.29) is 17.2 Å². The van der Waals surface area contributed by atoms with Crippen LogP contribution in [0.3, 0.4) is 0 Å². The molecule has 6 nitrogen and oxygen atoms in total. The van der Waals surface area contributed by atoms with Gasteiger partial charge in [0.25, 0.3) is 5.56 Å². The van der Waals surface area contributed by atoms with Crippen molar-refractivity contribution in [2.75, 3.05) is 0 Å². The van der Waals surface area contributed by atoms with Crippen LogP contribution >= 0.6 is 0 Å². The third kappa shape index (κ3) is 1.43. The number of hydrogen-bond acceptors (Lipinski definition) is 4. The Morgan fingerprint density at radius 2 is 2.06 bits per heavy atom. The Balaban J connectivity index is 2.46. The Labute approximate surface area is 99.7 Å². The van der Waals surface area contributed by atoms with E-state index in [1.54, 1.807) is 6.07 Å². The van der Waals surface area contributed by atoms with Crippen LogP contribution in [0, 0.1) is 0 Å². The summed E-state index contributed by atoms with van der Waals surface area (Å²) in [6.07, 6.45) is 1.38. The molecular formula is C12H8N2O4. The first-order chi connectivity index (χ1) is 8.66. The molecule has 2 heterocycles. The fourth-order valence-corrected chi connectivity index (χ4v) is 1.80. The van der Waals surface area contributed by atoms with Gasteiger partial charge in [-0.15, -0.1) is 0 Å². The van der Waals surface area contributed by atoms with Crippen LogP contribution in [-0.2, 0) is 0 Å². The fraction of sp³-hybridized carbons (Fsp3) is 0. The molecule has 0 aliphatic rings. The van der Waals surface area contributed by atoms with E-state index in [9.17, 15) is 14.7 Å². The van der Waals surface area contributed by atoms with Crippen LogP contribution < -0.4 is 11.2 Å². The Kier molecular flexibility index (Phi) is 2.09. The third-order valence-corrected chi connectivity index (χ3v) is 2.61. The van der Waals surface area contributed by atoms with Crippen LogP contribution in [0.1, 0.15) is 0 Å². The molecule has 18 heavy (non-hydrogen) atoms. The van der Waals surface area contributed by atoms with Gasteiger partial charge in [-0.2, -0.15) is 4.57 Å². The quantitative estimate of drug-likeness (QED) is 0.667. The Bertz CT molecular complexity index is 827. The van der Waals surface area contributed by atoms with Crippen LogP contribution in [0.4, 0.5) is 0 Å². The zero-order valence-electron chi connectivity index (χ0n) is 9.08. The molecule has 0 unspecified atom stereocenters. The van der Waals surface area contributed by atoms with Crippen molar-refractivity contribution in [3.05, 3.63) is 57.4 Å². The maximum absolute atomic E-state index is 12.2. The molecule has 90 valence electrons. The van der Waals surface area contributed by atoms with Gasteiger partial charge >= 0.3 is 5.69 Å². The van der Waals surface area contributed by atoms with Gasteiger partial charge in [-0.25, -0.2) is 4.79 Å². The van der Waals surface area contributed by atoms with Crippen LogP contribution in [0.5, 0.6) is 5.75 Å². The number of nitrogens with zero attached hydrogens (tertiary/aromatic N) is 1. The summed E-state index contributed by atoms with van der Waals surface area (Å²) < 4.78 is 5.95. The minimum absolute atomic E-state index is 0.0201. The van der Waals surface area contributed by atoms with Crippen LogP contribution in [0.25, 0.3) is 16.8 Å². The maximum Gasteiger partial charge on any atom is 0.335 e. The molecule has 3 rings (SSSR count). The van der Waals surface area contributed by atoms with Gasteiger partial charge in [0.05, 0.1) is 17.2 Å². The highest BCUT2D eigenvalue weighted by atomic mass is 16.3. The lowest BCUT2D eigenvalue weighted by Crippen LogP contribution is -2.33. The highest BCUT2D eigenvalue weighted by molar-refractivity contribution is 5.78. The van der Waals surface area contributed by atoms with Crippen molar-refractivity contribution in [1.82, 2.24) is 9.55 Å². The first kappa shape index (κ1) is 10.4. The zero-order valence-corrected chi connectivity index (χ0v) is 9.08. The standard InChI is InChI=1S/C12H8N2O4/c15-7-3-4-8-9(6-7)13-12(17)14(11(8)16)10-2-1-5-18-10/h1-6,15H,(H,13,17). The molecule has 2 aromatic heterocycles. The lowest BCUT2D eigenvalue weighted by atomic mass is 10.2. The summed E-state index contributed by atoms with van der Waals surface area (Å²) in [7, 11) is 0. The first-order valence-electron chi connectivity index (χ1n) is 5.19. The average Bonchev–Trinajstić information content (AvgIpc) is 2.82. The lowest BCUT2D eigenvalue weighted by Gasteiger charge is -2.03. The zero-order chi connectivity index (χ0) is 12.7. The molecule has 0 saturated heterocycles. The van der Waals surface area contributed by atoms with Crippen molar-refractivity contribution < 1.29 is 9.52 Å². The van der Waals surface area contributed by atoms with Gasteiger partial charge in [0.15, 0.2) is 0 Å². The maximum atomic E-state index is 12.2. The monoisotopic (exact) mass is 244 g/mol. The molecule has 0 radical (unpaired) electrons. The van der Waals surface area contributed by atoms with E-state index in [1.807, 2.05) is 0 Å². The average molecular weight is 244 g/mol. The van der Waals surface area contributed by atoms with Gasteiger partial charge < -0.3 is 14.5 Å². The summed E-state index contributed by atoms with van der Waals surface area (Å²) in [5, 5.41) is 9.61. The first-order valence-corrected chi connectivity index (χ1v) is 5.19. The van der Waals surface area contributed by atoms with E-state index in [1.165, 1.54) is 30.5 Å². The number of aromatic amines is 1. The minimum atomic E-state index is -0.618. The number of hydrogen-bond donors (Lipinski definition) is 2. The summed E-state index contributed by atoms with van der Waals surface area (Å²) in [6.45, 7) is 0. The van der Waals surface area contributed by atoms with E-state index in [0.29, 0.717) is 5.39 Å². The van der Waals surface area contributed by atoms with Gasteiger partial charge in [0.1, 0.15) is 5.75 Å². The van der Waals surface area contributed by atoms with Crippen LogP contribution in [0.2, 0.25) is 0 Å². The smallest absolute Gasteiger partial charge is 0.335 e. The van der Waals surface area contributed by atoms with Gasteiger partial charge in [0, 0.05) is 12.1 Å². The number of H-pyrrole nitrogens is 1. The van der Waals surface area contributed by atoms with Crippen LogP contribution in [-0.4, -0.2) is 14.7 Å². The summed E-state index contributed by atoms with van der Waals surface area (Å²) >= 11 is 0. The topological polar surface area (TPSA) is 88.2 Å². The second-order valence-corrected chi connectivity index (χ2v) is 3.75. The molecule has 1 aromatic carbocycles. The second kappa shape index (κ2) is 3.63. The minimum Gasteiger partial charge on any atom is -0.508 e. The number of nitrogens with one attached hydrogen (secondary N) is 1. The molecule has 0 aliphatic heterocycles. The number of fused-ring (bicyclic) bond motifs is 1. The van der Waals surface area contributed by atoms with Gasteiger partial charge in [-0.3, -0.25) is 4.79 Å². The molecule has 0 amide bonds. The van der Waals surface area contributed by atoms with E-state index in [0.717, 1.165) is 4.57 Å². The molecule has 0 aliphatic carbocycles. The summed E-state index contributed by atoms with van der Waals surface area (Å²) in [5.41, 5.74) is -0.829. The van der Waals surface area contributed by atoms with E-state index in [4.69, 9.17) is 4.42 Å². The summed E-state index contributed by atoms with van der Waals surface area (Å²) in [6, 6.07) is 7.26. The van der Waals surface area contributed by atoms with Crippen molar-refractivity contribution in [2.24, 2.45) is 0 Å². The van der Waals surface area contributed by atoms with Crippen molar-refractivity contribution in [1.29, 1.82) is 0 Å².